The van der Waals surface area contributed by atoms with Crippen LogP contribution in [0.5, 0.6) is 0 Å². The molecule has 4 heteroatoms. The molecule has 0 fully saturated rings. The Morgan fingerprint density at radius 2 is 1.74 bits per heavy atom. The molecule has 19 heavy (non-hydrogen) atoms. The molecule has 0 radical (unpaired) electrons. The van der Waals surface area contributed by atoms with E-state index < -0.39 is 0 Å². The molecular formula is C15H12Cl2OS. The van der Waals surface area contributed by atoms with Gasteiger partial charge in [0.1, 0.15) is 0 Å². The number of carbonyl (C=O) groups excluding carboxylic acids is 1. The second-order valence-corrected chi connectivity index (χ2v) is 6.38. The van der Waals surface area contributed by atoms with Crippen LogP contribution < -0.4 is 0 Å². The van der Waals surface area contributed by atoms with Crippen LogP contribution in [0.3, 0.4) is 0 Å². The van der Waals surface area contributed by atoms with Gasteiger partial charge in [-0.15, -0.1) is 11.8 Å². The van der Waals surface area contributed by atoms with Crippen LogP contribution in [-0.2, 0) is 0 Å². The number of Topliss-reactive ketones (excluding diaryl/α,β-unsaturated/α-hetero) is 1. The number of carbonyl (C=O) groups is 1. The Kier molecular flexibility index (Phi) is 4.92. The minimum Gasteiger partial charge on any atom is -0.293 e. The van der Waals surface area contributed by atoms with Crippen molar-refractivity contribution in [2.45, 2.75) is 17.1 Å². The van der Waals surface area contributed by atoms with Gasteiger partial charge >= 0.3 is 0 Å². The highest BCUT2D eigenvalue weighted by Crippen LogP contribution is 2.27. The summed E-state index contributed by atoms with van der Waals surface area (Å²) in [6, 6.07) is 14.5. The lowest BCUT2D eigenvalue weighted by Gasteiger charge is -2.10. The molecule has 0 aromatic heterocycles. The van der Waals surface area contributed by atoms with Crippen LogP contribution >= 0.6 is 35.0 Å². The molecule has 2 aromatic rings. The van der Waals surface area contributed by atoms with E-state index in [1.807, 2.05) is 31.2 Å². The Balaban J connectivity index is 2.09. The lowest BCUT2D eigenvalue weighted by Crippen LogP contribution is -2.13. The van der Waals surface area contributed by atoms with E-state index in [4.69, 9.17) is 23.2 Å². The van der Waals surface area contributed by atoms with Gasteiger partial charge in [-0.25, -0.2) is 0 Å². The molecule has 0 aliphatic carbocycles. The van der Waals surface area contributed by atoms with Crippen molar-refractivity contribution in [2.75, 3.05) is 0 Å². The van der Waals surface area contributed by atoms with Gasteiger partial charge in [0.25, 0.3) is 0 Å². The highest BCUT2D eigenvalue weighted by atomic mass is 35.5. The Labute approximate surface area is 126 Å². The zero-order valence-corrected chi connectivity index (χ0v) is 12.6. The summed E-state index contributed by atoms with van der Waals surface area (Å²) in [4.78, 5) is 13.3. The summed E-state index contributed by atoms with van der Waals surface area (Å²) >= 11 is 13.2. The van der Waals surface area contributed by atoms with Crippen LogP contribution in [0, 0.1) is 0 Å². The van der Waals surface area contributed by atoms with E-state index in [-0.39, 0.29) is 11.0 Å². The summed E-state index contributed by atoms with van der Waals surface area (Å²) in [6.45, 7) is 1.89. The van der Waals surface area contributed by atoms with E-state index in [1.165, 1.54) is 11.8 Å². The SMILES string of the molecule is CC(Sc1ccc(Cl)cc1)C(=O)c1cccc(Cl)c1. The summed E-state index contributed by atoms with van der Waals surface area (Å²) < 4.78 is 0. The van der Waals surface area contributed by atoms with Gasteiger partial charge in [-0.05, 0) is 43.3 Å². The van der Waals surface area contributed by atoms with Crippen molar-refractivity contribution in [3.8, 4) is 0 Å². The first-order valence-electron chi connectivity index (χ1n) is 5.78. The summed E-state index contributed by atoms with van der Waals surface area (Å²) in [6.07, 6.45) is 0. The van der Waals surface area contributed by atoms with Gasteiger partial charge < -0.3 is 0 Å². The number of hydrogen-bond donors (Lipinski definition) is 0. The van der Waals surface area contributed by atoms with Gasteiger partial charge in [-0.3, -0.25) is 4.79 Å². The van der Waals surface area contributed by atoms with Crippen molar-refractivity contribution in [1.29, 1.82) is 0 Å². The summed E-state index contributed by atoms with van der Waals surface area (Å²) in [5, 5.41) is 1.10. The third-order valence-corrected chi connectivity index (χ3v) is 4.20. The van der Waals surface area contributed by atoms with Gasteiger partial charge in [0.2, 0.25) is 0 Å². The molecule has 1 nitrogen and oxygen atoms in total. The highest BCUT2D eigenvalue weighted by Gasteiger charge is 2.16. The first-order chi connectivity index (χ1) is 9.06. The van der Waals surface area contributed by atoms with Crippen molar-refractivity contribution in [1.82, 2.24) is 0 Å². The van der Waals surface area contributed by atoms with Crippen molar-refractivity contribution in [2.24, 2.45) is 0 Å². The second-order valence-electron chi connectivity index (χ2n) is 4.09. The van der Waals surface area contributed by atoms with Crippen molar-refractivity contribution in [3.63, 3.8) is 0 Å². The monoisotopic (exact) mass is 310 g/mol. The zero-order chi connectivity index (χ0) is 13.8. The molecule has 1 unspecified atom stereocenters. The first-order valence-corrected chi connectivity index (χ1v) is 7.42. The van der Waals surface area contributed by atoms with E-state index >= 15 is 0 Å². The maximum absolute atomic E-state index is 12.3. The molecular weight excluding hydrogens is 299 g/mol. The van der Waals surface area contributed by atoms with E-state index in [0.29, 0.717) is 15.6 Å². The number of benzene rings is 2. The van der Waals surface area contributed by atoms with Crippen molar-refractivity contribution in [3.05, 3.63) is 64.1 Å². The Hall–Kier alpha value is -0.960. The van der Waals surface area contributed by atoms with Crippen LogP contribution in [0.15, 0.2) is 53.4 Å². The molecule has 98 valence electrons. The van der Waals surface area contributed by atoms with E-state index in [2.05, 4.69) is 0 Å². The number of hydrogen-bond acceptors (Lipinski definition) is 2. The fourth-order valence-corrected chi connectivity index (χ4v) is 2.91. The zero-order valence-electron chi connectivity index (χ0n) is 10.3. The van der Waals surface area contributed by atoms with Crippen LogP contribution in [0.1, 0.15) is 17.3 Å². The number of ketones is 1. The van der Waals surface area contributed by atoms with Crippen molar-refractivity contribution >= 4 is 40.7 Å². The lowest BCUT2D eigenvalue weighted by molar-refractivity contribution is 0.0994. The molecule has 2 aromatic carbocycles. The fourth-order valence-electron chi connectivity index (χ4n) is 1.65. The molecule has 0 N–H and O–H groups in total. The molecule has 0 bridgehead atoms. The van der Waals surface area contributed by atoms with Crippen LogP contribution in [0.4, 0.5) is 0 Å². The smallest absolute Gasteiger partial charge is 0.175 e. The molecule has 0 aliphatic rings. The predicted octanol–water partition coefficient (Wildman–Crippen LogP) is 5.36. The highest BCUT2D eigenvalue weighted by molar-refractivity contribution is 8.00. The third kappa shape index (κ3) is 4.00. The van der Waals surface area contributed by atoms with Gasteiger partial charge in [0.05, 0.1) is 5.25 Å². The average molecular weight is 311 g/mol. The minimum absolute atomic E-state index is 0.0717. The molecule has 0 spiro atoms. The van der Waals surface area contributed by atoms with E-state index in [0.717, 1.165) is 4.90 Å². The topological polar surface area (TPSA) is 17.1 Å². The quantitative estimate of drug-likeness (QED) is 0.559. The normalized spacial score (nSPS) is 12.2. The fraction of sp³-hybridized carbons (Fsp3) is 0.133. The molecule has 0 saturated heterocycles. The van der Waals surface area contributed by atoms with Crippen molar-refractivity contribution < 1.29 is 4.79 Å². The Morgan fingerprint density at radius 3 is 2.37 bits per heavy atom. The number of halogens is 2. The summed E-state index contributed by atoms with van der Waals surface area (Å²) in [5.41, 5.74) is 0.640. The van der Waals surface area contributed by atoms with Crippen LogP contribution in [-0.4, -0.2) is 11.0 Å². The lowest BCUT2D eigenvalue weighted by atomic mass is 10.1. The van der Waals surface area contributed by atoms with E-state index in [9.17, 15) is 4.79 Å². The Morgan fingerprint density at radius 1 is 1.05 bits per heavy atom. The molecule has 0 saturated carbocycles. The van der Waals surface area contributed by atoms with E-state index in [1.54, 1.807) is 24.3 Å². The first kappa shape index (κ1) is 14.4. The minimum atomic E-state index is -0.167. The molecule has 2 rings (SSSR count). The molecule has 0 aliphatic heterocycles. The second kappa shape index (κ2) is 6.47. The maximum atomic E-state index is 12.3. The van der Waals surface area contributed by atoms with Gasteiger partial charge in [0.15, 0.2) is 5.78 Å². The summed E-state index contributed by atoms with van der Waals surface area (Å²) in [5.74, 6) is 0.0717. The average Bonchev–Trinajstić information content (AvgIpc) is 2.40. The molecule has 1 atom stereocenters. The molecule has 0 amide bonds. The standard InChI is InChI=1S/C15H12Cl2OS/c1-10(19-14-7-5-12(16)6-8-14)15(18)11-3-2-4-13(17)9-11/h2-10H,1H3. The predicted molar refractivity (Wildman–Crippen MR) is 82.6 cm³/mol. The van der Waals surface area contributed by atoms with Crippen LogP contribution in [0.25, 0.3) is 0 Å². The Bertz CT molecular complexity index is 581. The third-order valence-electron chi connectivity index (χ3n) is 2.60. The van der Waals surface area contributed by atoms with Gasteiger partial charge in [-0.1, -0.05) is 35.3 Å². The largest absolute Gasteiger partial charge is 0.293 e. The number of rotatable bonds is 4. The molecule has 0 heterocycles. The maximum Gasteiger partial charge on any atom is 0.175 e. The van der Waals surface area contributed by atoms with Gasteiger partial charge in [0, 0.05) is 20.5 Å². The number of thioether (sulfide) groups is 1. The van der Waals surface area contributed by atoms with Gasteiger partial charge in [-0.2, -0.15) is 0 Å². The summed E-state index contributed by atoms with van der Waals surface area (Å²) in [7, 11) is 0. The van der Waals surface area contributed by atoms with Crippen LogP contribution in [0.2, 0.25) is 10.0 Å².